The maximum atomic E-state index is 9.55. The summed E-state index contributed by atoms with van der Waals surface area (Å²) in [4.78, 5) is 2.50. The summed E-state index contributed by atoms with van der Waals surface area (Å²) in [6.45, 7) is 7.43. The number of aliphatic hydroxyl groups is 1. The number of rotatable bonds is 7. The van der Waals surface area contributed by atoms with E-state index < -0.39 is 0 Å². The Morgan fingerprint density at radius 1 is 1.23 bits per heavy atom. The van der Waals surface area contributed by atoms with E-state index in [0.29, 0.717) is 17.6 Å². The molecule has 2 unspecified atom stereocenters. The summed E-state index contributed by atoms with van der Waals surface area (Å²) in [5.74, 6) is 0. The molecule has 2 atom stereocenters. The molecule has 0 aromatic rings. The molecule has 0 aromatic heterocycles. The van der Waals surface area contributed by atoms with Crippen LogP contribution in [0.3, 0.4) is 0 Å². The molecule has 1 aliphatic heterocycles. The second-order valence-corrected chi connectivity index (χ2v) is 7.55. The van der Waals surface area contributed by atoms with Crippen LogP contribution in [0.1, 0.15) is 58.3 Å². The fourth-order valence-electron chi connectivity index (χ4n) is 4.89. The van der Waals surface area contributed by atoms with Gasteiger partial charge in [-0.1, -0.05) is 12.8 Å². The van der Waals surface area contributed by atoms with Crippen molar-refractivity contribution in [3.8, 4) is 0 Å². The molecular weight excluding hydrogens is 276 g/mol. The van der Waals surface area contributed by atoms with Crippen LogP contribution in [0.25, 0.3) is 0 Å². The van der Waals surface area contributed by atoms with Gasteiger partial charge in [0.1, 0.15) is 0 Å². The molecule has 2 aliphatic carbocycles. The second-order valence-electron chi connectivity index (χ2n) is 7.55. The fourth-order valence-corrected chi connectivity index (χ4v) is 4.89. The van der Waals surface area contributed by atoms with Crippen LogP contribution in [0, 0.1) is 5.41 Å². The quantitative estimate of drug-likeness (QED) is 0.707. The molecule has 2 N–H and O–H groups in total. The summed E-state index contributed by atoms with van der Waals surface area (Å²) in [6, 6.07) is 0.690. The highest BCUT2D eigenvalue weighted by atomic mass is 16.5. The van der Waals surface area contributed by atoms with Crippen LogP contribution >= 0.6 is 0 Å². The van der Waals surface area contributed by atoms with Crippen LogP contribution in [-0.2, 0) is 4.74 Å². The van der Waals surface area contributed by atoms with Crippen molar-refractivity contribution in [2.75, 3.05) is 32.8 Å². The number of aliphatic hydroxyl groups excluding tert-OH is 1. The maximum absolute atomic E-state index is 9.55. The summed E-state index contributed by atoms with van der Waals surface area (Å²) < 4.78 is 5.99. The van der Waals surface area contributed by atoms with E-state index in [-0.39, 0.29) is 6.10 Å². The summed E-state index contributed by atoms with van der Waals surface area (Å²) in [7, 11) is 0. The van der Waals surface area contributed by atoms with Crippen molar-refractivity contribution in [3.05, 3.63) is 0 Å². The van der Waals surface area contributed by atoms with Gasteiger partial charge in [-0.05, 0) is 58.5 Å². The highest BCUT2D eigenvalue weighted by Crippen LogP contribution is 2.54. The third-order valence-corrected chi connectivity index (χ3v) is 6.29. The molecule has 0 aromatic carbocycles. The minimum absolute atomic E-state index is 0.0536. The van der Waals surface area contributed by atoms with E-state index in [1.807, 2.05) is 0 Å². The Kier molecular flexibility index (Phi) is 5.77. The Balaban J connectivity index is 1.35. The van der Waals surface area contributed by atoms with Gasteiger partial charge in [0.2, 0.25) is 0 Å². The average molecular weight is 310 g/mol. The number of nitrogens with one attached hydrogen (secondary N) is 1. The van der Waals surface area contributed by atoms with E-state index in [2.05, 4.69) is 17.1 Å². The monoisotopic (exact) mass is 310 g/mol. The fraction of sp³-hybridized carbons (Fsp3) is 1.00. The number of nitrogens with zero attached hydrogens (tertiary/aromatic N) is 1. The molecule has 1 spiro atoms. The molecule has 0 radical (unpaired) electrons. The minimum Gasteiger partial charge on any atom is -0.393 e. The van der Waals surface area contributed by atoms with Gasteiger partial charge in [0.15, 0.2) is 0 Å². The molecule has 4 nitrogen and oxygen atoms in total. The summed E-state index contributed by atoms with van der Waals surface area (Å²) in [5.41, 5.74) is 0.464. The minimum atomic E-state index is -0.0536. The third kappa shape index (κ3) is 3.50. The van der Waals surface area contributed by atoms with E-state index in [1.54, 1.807) is 0 Å². The van der Waals surface area contributed by atoms with Crippen molar-refractivity contribution >= 4 is 0 Å². The van der Waals surface area contributed by atoms with E-state index in [4.69, 9.17) is 4.74 Å². The van der Waals surface area contributed by atoms with Gasteiger partial charge >= 0.3 is 0 Å². The van der Waals surface area contributed by atoms with E-state index in [0.717, 1.165) is 39.1 Å². The van der Waals surface area contributed by atoms with Crippen molar-refractivity contribution < 1.29 is 9.84 Å². The van der Waals surface area contributed by atoms with Crippen molar-refractivity contribution in [2.45, 2.75) is 76.5 Å². The lowest BCUT2D eigenvalue weighted by Crippen LogP contribution is -2.62. The van der Waals surface area contributed by atoms with Gasteiger partial charge in [0.05, 0.1) is 12.2 Å². The van der Waals surface area contributed by atoms with Gasteiger partial charge in [-0.25, -0.2) is 0 Å². The standard InChI is InChI=1S/C18H34N2O2/c1-2-22-17-14-16(18(17)8-3-4-9-18)19-10-5-11-20-12-6-15(21)7-13-20/h15-17,19,21H,2-14H2,1H3. The first-order chi connectivity index (χ1) is 10.7. The van der Waals surface area contributed by atoms with E-state index >= 15 is 0 Å². The Labute approximate surface area is 135 Å². The number of hydrogen-bond donors (Lipinski definition) is 2. The maximum Gasteiger partial charge on any atom is 0.0661 e. The molecular formula is C18H34N2O2. The van der Waals surface area contributed by atoms with Crippen LogP contribution in [0.5, 0.6) is 0 Å². The Morgan fingerprint density at radius 3 is 2.64 bits per heavy atom. The molecule has 128 valence electrons. The van der Waals surface area contributed by atoms with Crippen molar-refractivity contribution in [1.29, 1.82) is 0 Å². The molecule has 3 rings (SSSR count). The Morgan fingerprint density at radius 2 is 1.95 bits per heavy atom. The molecule has 0 bridgehead atoms. The average Bonchev–Trinajstić information content (AvgIpc) is 3.04. The van der Waals surface area contributed by atoms with Gasteiger partial charge in [0, 0.05) is 31.2 Å². The highest BCUT2D eigenvalue weighted by Gasteiger charge is 2.56. The Bertz CT molecular complexity index is 336. The smallest absolute Gasteiger partial charge is 0.0661 e. The predicted octanol–water partition coefficient (Wildman–Crippen LogP) is 2.16. The molecule has 3 aliphatic rings. The second kappa shape index (κ2) is 7.61. The molecule has 4 heteroatoms. The van der Waals surface area contributed by atoms with Crippen molar-refractivity contribution in [1.82, 2.24) is 10.2 Å². The summed E-state index contributed by atoms with van der Waals surface area (Å²) in [6.07, 6.45) is 10.3. The van der Waals surface area contributed by atoms with Gasteiger partial charge in [-0.2, -0.15) is 0 Å². The van der Waals surface area contributed by atoms with Gasteiger partial charge in [-0.15, -0.1) is 0 Å². The Hall–Kier alpha value is -0.160. The molecule has 0 amide bonds. The summed E-state index contributed by atoms with van der Waals surface area (Å²) >= 11 is 0. The zero-order chi connectivity index (χ0) is 15.4. The van der Waals surface area contributed by atoms with Gasteiger partial charge in [0.25, 0.3) is 0 Å². The molecule has 3 fully saturated rings. The van der Waals surface area contributed by atoms with Crippen molar-refractivity contribution in [2.24, 2.45) is 5.41 Å². The molecule has 22 heavy (non-hydrogen) atoms. The number of piperidine rings is 1. The summed E-state index contributed by atoms with van der Waals surface area (Å²) in [5, 5.41) is 13.4. The zero-order valence-corrected chi connectivity index (χ0v) is 14.2. The van der Waals surface area contributed by atoms with Crippen LogP contribution in [0.15, 0.2) is 0 Å². The zero-order valence-electron chi connectivity index (χ0n) is 14.2. The lowest BCUT2D eigenvalue weighted by Gasteiger charge is -2.54. The first kappa shape index (κ1) is 16.7. The van der Waals surface area contributed by atoms with Crippen LogP contribution in [0.2, 0.25) is 0 Å². The predicted molar refractivity (Wildman–Crippen MR) is 89.0 cm³/mol. The topological polar surface area (TPSA) is 44.7 Å². The van der Waals surface area contributed by atoms with Crippen molar-refractivity contribution in [3.63, 3.8) is 0 Å². The highest BCUT2D eigenvalue weighted by molar-refractivity contribution is 5.09. The van der Waals surface area contributed by atoms with E-state index in [1.165, 1.54) is 45.1 Å². The lowest BCUT2D eigenvalue weighted by molar-refractivity contribution is -0.130. The molecule has 2 saturated carbocycles. The van der Waals surface area contributed by atoms with E-state index in [9.17, 15) is 5.11 Å². The third-order valence-electron chi connectivity index (χ3n) is 6.29. The first-order valence-electron chi connectivity index (χ1n) is 9.50. The molecule has 1 saturated heterocycles. The van der Waals surface area contributed by atoms with Crippen LogP contribution in [-0.4, -0.2) is 61.0 Å². The van der Waals surface area contributed by atoms with Gasteiger partial charge in [-0.3, -0.25) is 0 Å². The first-order valence-corrected chi connectivity index (χ1v) is 9.50. The SMILES string of the molecule is CCOC1CC(NCCCN2CCC(O)CC2)C12CCCC2. The largest absolute Gasteiger partial charge is 0.393 e. The van der Waals surface area contributed by atoms with Gasteiger partial charge < -0.3 is 20.1 Å². The number of ether oxygens (including phenoxy) is 1. The van der Waals surface area contributed by atoms with Crippen LogP contribution in [0.4, 0.5) is 0 Å². The number of hydrogen-bond acceptors (Lipinski definition) is 4. The number of likely N-dealkylation sites (tertiary alicyclic amines) is 1. The molecule has 1 heterocycles. The normalized spacial score (nSPS) is 32.5. The lowest BCUT2D eigenvalue weighted by atomic mass is 9.60. The van der Waals surface area contributed by atoms with Crippen LogP contribution < -0.4 is 5.32 Å².